The van der Waals surface area contributed by atoms with Gasteiger partial charge in [0, 0.05) is 13.6 Å². The Morgan fingerprint density at radius 2 is 1.61 bits per heavy atom. The van der Waals surface area contributed by atoms with Gasteiger partial charge in [-0.25, -0.2) is 0 Å². The molecule has 1 N–H and O–H groups in total. The molecule has 0 bridgehead atoms. The normalized spacial score (nSPS) is 11.8. The molecule has 1 atom stereocenters. The summed E-state index contributed by atoms with van der Waals surface area (Å²) in [4.78, 5) is 26.5. The fourth-order valence-corrected chi connectivity index (χ4v) is 2.86. The lowest BCUT2D eigenvalue weighted by Crippen LogP contribution is -2.48. The molecule has 150 valence electrons. The van der Waals surface area contributed by atoms with Crippen LogP contribution in [0.25, 0.3) is 0 Å². The number of carbonyl (C=O) groups excluding carboxylic acids is 2. The first-order chi connectivity index (χ1) is 13.3. The Morgan fingerprint density at radius 3 is 2.14 bits per heavy atom. The van der Waals surface area contributed by atoms with Crippen LogP contribution >= 0.6 is 0 Å². The lowest BCUT2D eigenvalue weighted by molar-refractivity contribution is -0.142. The Hall–Kier alpha value is -2.82. The van der Waals surface area contributed by atoms with E-state index in [9.17, 15) is 9.59 Å². The topological polar surface area (TPSA) is 58.6 Å². The molecule has 0 spiro atoms. The van der Waals surface area contributed by atoms with E-state index in [0.717, 1.165) is 11.1 Å². The van der Waals surface area contributed by atoms with Crippen molar-refractivity contribution in [1.82, 2.24) is 10.2 Å². The van der Waals surface area contributed by atoms with E-state index in [1.165, 1.54) is 5.56 Å². The molecule has 2 amide bonds. The van der Waals surface area contributed by atoms with Crippen LogP contribution in [-0.4, -0.2) is 36.4 Å². The van der Waals surface area contributed by atoms with E-state index in [-0.39, 0.29) is 18.4 Å². The fraction of sp³-hybridized carbons (Fsp3) is 0.391. The van der Waals surface area contributed by atoms with Gasteiger partial charge in [0.2, 0.25) is 5.91 Å². The quantitative estimate of drug-likeness (QED) is 0.758. The van der Waals surface area contributed by atoms with Crippen LogP contribution in [0.2, 0.25) is 0 Å². The number of carbonyl (C=O) groups is 2. The van der Waals surface area contributed by atoms with E-state index >= 15 is 0 Å². The number of ether oxygens (including phenoxy) is 1. The van der Waals surface area contributed by atoms with Crippen LogP contribution in [0.3, 0.4) is 0 Å². The molecule has 2 aromatic rings. The number of likely N-dealkylation sites (N-methyl/N-ethyl adjacent to an activating group) is 1. The lowest BCUT2D eigenvalue weighted by Gasteiger charge is -2.28. The number of benzene rings is 2. The highest BCUT2D eigenvalue weighted by atomic mass is 16.5. The van der Waals surface area contributed by atoms with E-state index < -0.39 is 6.04 Å². The molecule has 0 heterocycles. The van der Waals surface area contributed by atoms with Gasteiger partial charge in [-0.3, -0.25) is 9.59 Å². The molecular weight excluding hydrogens is 352 g/mol. The Kier molecular flexibility index (Phi) is 7.61. The van der Waals surface area contributed by atoms with Crippen LogP contribution in [0.4, 0.5) is 0 Å². The van der Waals surface area contributed by atoms with E-state index in [1.54, 1.807) is 18.9 Å². The second kappa shape index (κ2) is 9.93. The number of nitrogens with zero attached hydrogens (tertiary/aromatic N) is 1. The summed E-state index contributed by atoms with van der Waals surface area (Å²) in [6.45, 7) is 8.23. The molecule has 2 rings (SSSR count). The zero-order valence-corrected chi connectivity index (χ0v) is 17.4. The van der Waals surface area contributed by atoms with Crippen LogP contribution in [-0.2, 0) is 16.1 Å². The van der Waals surface area contributed by atoms with Gasteiger partial charge in [0.15, 0.2) is 6.61 Å². The van der Waals surface area contributed by atoms with Gasteiger partial charge < -0.3 is 15.0 Å². The number of amides is 2. The van der Waals surface area contributed by atoms with Crippen LogP contribution in [0, 0.1) is 6.92 Å². The van der Waals surface area contributed by atoms with E-state index in [0.29, 0.717) is 18.2 Å². The van der Waals surface area contributed by atoms with Crippen molar-refractivity contribution in [1.29, 1.82) is 0 Å². The molecule has 0 aliphatic carbocycles. The largest absolute Gasteiger partial charge is 0.484 e. The molecule has 2 aromatic carbocycles. The number of nitrogens with one attached hydrogen (secondary N) is 1. The van der Waals surface area contributed by atoms with Crippen LogP contribution in [0.15, 0.2) is 48.5 Å². The SMILES string of the molecule is CNC(=O)C(C)N(Cc1ccc(C)cc1)C(=O)COc1ccc(C(C)C)cc1. The molecule has 5 heteroatoms. The minimum absolute atomic E-state index is 0.117. The summed E-state index contributed by atoms with van der Waals surface area (Å²) in [5.41, 5.74) is 3.33. The van der Waals surface area contributed by atoms with Gasteiger partial charge in [-0.15, -0.1) is 0 Å². The third-order valence-corrected chi connectivity index (χ3v) is 4.80. The van der Waals surface area contributed by atoms with Crippen molar-refractivity contribution in [2.75, 3.05) is 13.7 Å². The summed E-state index contributed by atoms with van der Waals surface area (Å²) in [5.74, 6) is 0.640. The summed E-state index contributed by atoms with van der Waals surface area (Å²) in [6, 6.07) is 15.1. The minimum Gasteiger partial charge on any atom is -0.484 e. The van der Waals surface area contributed by atoms with Crippen molar-refractivity contribution < 1.29 is 14.3 Å². The lowest BCUT2D eigenvalue weighted by atomic mass is 10.0. The molecule has 0 saturated carbocycles. The first kappa shape index (κ1) is 21.5. The average Bonchev–Trinajstić information content (AvgIpc) is 2.70. The van der Waals surface area contributed by atoms with Crippen molar-refractivity contribution in [2.24, 2.45) is 0 Å². The molecule has 0 aromatic heterocycles. The van der Waals surface area contributed by atoms with Crippen molar-refractivity contribution in [3.05, 3.63) is 65.2 Å². The summed E-state index contributed by atoms with van der Waals surface area (Å²) < 4.78 is 5.68. The first-order valence-electron chi connectivity index (χ1n) is 9.61. The van der Waals surface area contributed by atoms with E-state index in [1.807, 2.05) is 55.5 Å². The highest BCUT2D eigenvalue weighted by Crippen LogP contribution is 2.19. The van der Waals surface area contributed by atoms with Gasteiger partial charge in [-0.2, -0.15) is 0 Å². The molecule has 0 fully saturated rings. The smallest absolute Gasteiger partial charge is 0.261 e. The predicted octanol–water partition coefficient (Wildman–Crippen LogP) is 3.66. The average molecular weight is 383 g/mol. The van der Waals surface area contributed by atoms with Crippen molar-refractivity contribution in [3.8, 4) is 5.75 Å². The molecule has 5 nitrogen and oxygen atoms in total. The number of hydrogen-bond acceptors (Lipinski definition) is 3. The van der Waals surface area contributed by atoms with Crippen molar-refractivity contribution in [2.45, 2.75) is 46.2 Å². The highest BCUT2D eigenvalue weighted by molar-refractivity contribution is 5.87. The third kappa shape index (κ3) is 5.84. The molecule has 28 heavy (non-hydrogen) atoms. The van der Waals surface area contributed by atoms with Gasteiger partial charge in [0.05, 0.1) is 0 Å². The Bertz CT molecular complexity index is 782. The molecular formula is C23H30N2O3. The molecule has 0 saturated heterocycles. The maximum absolute atomic E-state index is 12.8. The predicted molar refractivity (Wildman–Crippen MR) is 111 cm³/mol. The van der Waals surface area contributed by atoms with E-state index in [4.69, 9.17) is 4.74 Å². The molecule has 0 aliphatic rings. The van der Waals surface area contributed by atoms with Crippen molar-refractivity contribution >= 4 is 11.8 Å². The maximum atomic E-state index is 12.8. The van der Waals surface area contributed by atoms with Gasteiger partial charge in [0.25, 0.3) is 5.91 Å². The monoisotopic (exact) mass is 382 g/mol. The third-order valence-electron chi connectivity index (χ3n) is 4.80. The summed E-state index contributed by atoms with van der Waals surface area (Å²) >= 11 is 0. The Labute approximate surface area is 167 Å². The zero-order chi connectivity index (χ0) is 20.7. The number of hydrogen-bond donors (Lipinski definition) is 1. The number of aryl methyl sites for hydroxylation is 1. The number of rotatable bonds is 8. The van der Waals surface area contributed by atoms with Crippen molar-refractivity contribution in [3.63, 3.8) is 0 Å². The Morgan fingerprint density at radius 1 is 1.00 bits per heavy atom. The van der Waals surface area contributed by atoms with E-state index in [2.05, 4.69) is 19.2 Å². The Balaban J connectivity index is 2.09. The summed E-state index contributed by atoms with van der Waals surface area (Å²) in [7, 11) is 1.57. The van der Waals surface area contributed by atoms with Gasteiger partial charge in [0.1, 0.15) is 11.8 Å². The van der Waals surface area contributed by atoms with Crippen LogP contribution in [0.1, 0.15) is 43.4 Å². The first-order valence-corrected chi connectivity index (χ1v) is 9.61. The minimum atomic E-state index is -0.592. The van der Waals surface area contributed by atoms with Gasteiger partial charge in [-0.05, 0) is 43.0 Å². The summed E-state index contributed by atoms with van der Waals surface area (Å²) in [5, 5.41) is 2.61. The van der Waals surface area contributed by atoms with Crippen LogP contribution in [0.5, 0.6) is 5.75 Å². The highest BCUT2D eigenvalue weighted by Gasteiger charge is 2.25. The summed E-state index contributed by atoms with van der Waals surface area (Å²) in [6.07, 6.45) is 0. The molecule has 0 aliphatic heterocycles. The fourth-order valence-electron chi connectivity index (χ4n) is 2.86. The van der Waals surface area contributed by atoms with Gasteiger partial charge >= 0.3 is 0 Å². The molecule has 0 radical (unpaired) electrons. The van der Waals surface area contributed by atoms with Gasteiger partial charge in [-0.1, -0.05) is 55.8 Å². The second-order valence-corrected chi connectivity index (χ2v) is 7.31. The second-order valence-electron chi connectivity index (χ2n) is 7.31. The zero-order valence-electron chi connectivity index (χ0n) is 17.4. The molecule has 1 unspecified atom stereocenters. The standard InChI is InChI=1S/C23H30N2O3/c1-16(2)20-10-12-21(13-11-20)28-15-22(26)25(18(4)23(27)24-5)14-19-8-6-17(3)7-9-19/h6-13,16,18H,14-15H2,1-5H3,(H,24,27). The maximum Gasteiger partial charge on any atom is 0.261 e. The van der Waals surface area contributed by atoms with Crippen LogP contribution < -0.4 is 10.1 Å².